The summed E-state index contributed by atoms with van der Waals surface area (Å²) in [4.78, 5) is 13.3. The molecule has 0 radical (unpaired) electrons. The first kappa shape index (κ1) is 21.8. The lowest BCUT2D eigenvalue weighted by Gasteiger charge is -2.14. The maximum atomic E-state index is 5.42. The fraction of sp³-hybridized carbons (Fsp3) is 0.115. The summed E-state index contributed by atoms with van der Waals surface area (Å²) in [5.74, 6) is 2.54. The summed E-state index contributed by atoms with van der Waals surface area (Å²) in [5, 5.41) is 3.20. The molecule has 0 aliphatic heterocycles. The molecule has 3 aromatic carbocycles. The van der Waals surface area contributed by atoms with E-state index in [2.05, 4.69) is 44.6 Å². The summed E-state index contributed by atoms with van der Waals surface area (Å²) in [5.41, 5.74) is 3.72. The molecule has 166 valence electrons. The van der Waals surface area contributed by atoms with Gasteiger partial charge in [0.25, 0.3) is 0 Å². The first-order valence-electron chi connectivity index (χ1n) is 10.3. The van der Waals surface area contributed by atoms with Crippen LogP contribution in [0.4, 0.5) is 11.6 Å². The van der Waals surface area contributed by atoms with Crippen molar-refractivity contribution in [1.29, 1.82) is 0 Å². The smallest absolute Gasteiger partial charge is 0.230 e. The highest BCUT2D eigenvalue weighted by Crippen LogP contribution is 2.40. The minimum Gasteiger partial charge on any atom is -0.493 e. The van der Waals surface area contributed by atoms with Gasteiger partial charge in [0, 0.05) is 23.4 Å². The normalized spacial score (nSPS) is 10.8. The first-order valence-corrected chi connectivity index (χ1v) is 10.3. The summed E-state index contributed by atoms with van der Waals surface area (Å²) >= 11 is 0. The van der Waals surface area contributed by atoms with Crippen molar-refractivity contribution in [3.63, 3.8) is 0 Å². The van der Waals surface area contributed by atoms with E-state index in [-0.39, 0.29) is 0 Å². The average Bonchev–Trinajstić information content (AvgIpc) is 2.87. The van der Waals surface area contributed by atoms with Crippen molar-refractivity contribution in [2.75, 3.05) is 26.6 Å². The third kappa shape index (κ3) is 5.10. The van der Waals surface area contributed by atoms with Crippen LogP contribution in [0.2, 0.25) is 0 Å². The van der Waals surface area contributed by atoms with E-state index in [1.54, 1.807) is 33.5 Å². The molecule has 33 heavy (non-hydrogen) atoms. The molecule has 0 saturated heterocycles. The second-order valence-corrected chi connectivity index (χ2v) is 7.00. The Morgan fingerprint density at radius 3 is 2.15 bits per heavy atom. The van der Waals surface area contributed by atoms with Crippen LogP contribution in [0.3, 0.4) is 0 Å². The van der Waals surface area contributed by atoms with Gasteiger partial charge in [-0.2, -0.15) is 4.98 Å². The molecule has 4 rings (SSSR count). The highest BCUT2D eigenvalue weighted by molar-refractivity contribution is 5.78. The van der Waals surface area contributed by atoms with Gasteiger partial charge < -0.3 is 19.5 Å². The zero-order chi connectivity index (χ0) is 23.0. The van der Waals surface area contributed by atoms with E-state index in [1.165, 1.54) is 6.33 Å². The van der Waals surface area contributed by atoms with E-state index in [9.17, 15) is 0 Å². The van der Waals surface area contributed by atoms with Crippen LogP contribution >= 0.6 is 0 Å². The molecule has 0 spiro atoms. The first-order chi connectivity index (χ1) is 16.2. The Bertz CT molecular complexity index is 1230. The summed E-state index contributed by atoms with van der Waals surface area (Å²) in [7, 11) is 4.71. The summed E-state index contributed by atoms with van der Waals surface area (Å²) in [6, 6.07) is 21.7. The number of hydrogen-bond acceptors (Lipinski definition) is 7. The van der Waals surface area contributed by atoms with Crippen molar-refractivity contribution in [2.45, 2.75) is 0 Å². The third-order valence-corrected chi connectivity index (χ3v) is 4.95. The number of nitrogens with zero attached hydrogens (tertiary/aromatic N) is 3. The maximum absolute atomic E-state index is 5.42. The van der Waals surface area contributed by atoms with Gasteiger partial charge in [-0.25, -0.2) is 9.97 Å². The molecule has 0 saturated carbocycles. The Hall–Kier alpha value is -4.39. The number of benzene rings is 3. The lowest BCUT2D eigenvalue weighted by molar-refractivity contribution is 0.324. The number of ether oxygens (including phenoxy) is 3. The molecule has 0 amide bonds. The predicted octanol–water partition coefficient (Wildman–Crippen LogP) is 5.48. The van der Waals surface area contributed by atoms with Gasteiger partial charge in [-0.05, 0) is 11.1 Å². The summed E-state index contributed by atoms with van der Waals surface area (Å²) in [6.07, 6.45) is 5.61. The number of rotatable bonds is 8. The Kier molecular flexibility index (Phi) is 6.80. The van der Waals surface area contributed by atoms with Crippen LogP contribution in [0, 0.1) is 0 Å². The summed E-state index contributed by atoms with van der Waals surface area (Å²) < 4.78 is 16.2. The monoisotopic (exact) mass is 440 g/mol. The van der Waals surface area contributed by atoms with Crippen molar-refractivity contribution >= 4 is 23.8 Å². The van der Waals surface area contributed by atoms with Crippen molar-refractivity contribution in [1.82, 2.24) is 15.0 Å². The van der Waals surface area contributed by atoms with Crippen LogP contribution in [0.5, 0.6) is 17.2 Å². The van der Waals surface area contributed by atoms with Crippen LogP contribution in [0.1, 0.15) is 11.1 Å². The molecule has 0 atom stereocenters. The van der Waals surface area contributed by atoms with Gasteiger partial charge in [-0.3, -0.25) is 0 Å². The van der Waals surface area contributed by atoms with Crippen molar-refractivity contribution < 1.29 is 14.2 Å². The molecular formula is C26H24N4O3. The van der Waals surface area contributed by atoms with Gasteiger partial charge in [0.05, 0.1) is 21.3 Å². The number of hydrogen-bond donors (Lipinski definition) is 1. The molecule has 7 nitrogen and oxygen atoms in total. The van der Waals surface area contributed by atoms with E-state index < -0.39 is 0 Å². The van der Waals surface area contributed by atoms with Gasteiger partial charge in [0.2, 0.25) is 11.7 Å². The van der Waals surface area contributed by atoms with Gasteiger partial charge in [-0.1, -0.05) is 66.7 Å². The lowest BCUT2D eigenvalue weighted by Crippen LogP contribution is -2.02. The number of methoxy groups -OCH3 is 3. The predicted molar refractivity (Wildman–Crippen MR) is 130 cm³/mol. The highest BCUT2D eigenvalue weighted by Gasteiger charge is 2.14. The molecule has 0 aliphatic rings. The Morgan fingerprint density at radius 1 is 0.758 bits per heavy atom. The second kappa shape index (κ2) is 10.3. The van der Waals surface area contributed by atoms with Crippen LogP contribution < -0.4 is 19.5 Å². The fourth-order valence-corrected chi connectivity index (χ4v) is 3.36. The van der Waals surface area contributed by atoms with Gasteiger partial charge >= 0.3 is 0 Å². The minimum absolute atomic E-state index is 0.399. The van der Waals surface area contributed by atoms with E-state index in [4.69, 9.17) is 14.2 Å². The molecule has 7 heteroatoms. The molecule has 0 bridgehead atoms. The quantitative estimate of drug-likeness (QED) is 0.364. The topological polar surface area (TPSA) is 78.4 Å². The molecule has 1 N–H and O–H groups in total. The van der Waals surface area contributed by atoms with E-state index in [0.717, 1.165) is 16.7 Å². The standard InChI is InChI=1S/C26H24N4O3/c1-31-22-15-20(16-23(32-2)24(22)33-3)29-26-28-17-27-25(30-26)21-12-8-7-11-19(21)14-13-18-9-5-4-6-10-18/h4-17H,1-3H3,(H,27,28,29,30). The fourth-order valence-electron chi connectivity index (χ4n) is 3.36. The van der Waals surface area contributed by atoms with Gasteiger partial charge in [-0.15, -0.1) is 0 Å². The molecule has 0 aliphatic carbocycles. The van der Waals surface area contributed by atoms with Crippen LogP contribution in [-0.2, 0) is 0 Å². The van der Waals surface area contributed by atoms with Crippen LogP contribution in [0.25, 0.3) is 23.5 Å². The Morgan fingerprint density at radius 2 is 1.45 bits per heavy atom. The minimum atomic E-state index is 0.399. The largest absolute Gasteiger partial charge is 0.493 e. The van der Waals surface area contributed by atoms with Crippen molar-refractivity contribution in [3.8, 4) is 28.6 Å². The molecule has 4 aromatic rings. The maximum Gasteiger partial charge on any atom is 0.230 e. The van der Waals surface area contributed by atoms with Gasteiger partial charge in [0.1, 0.15) is 6.33 Å². The van der Waals surface area contributed by atoms with Crippen LogP contribution in [-0.4, -0.2) is 36.3 Å². The lowest BCUT2D eigenvalue weighted by atomic mass is 10.1. The van der Waals surface area contributed by atoms with E-state index in [0.29, 0.717) is 34.7 Å². The zero-order valence-corrected chi connectivity index (χ0v) is 18.6. The summed E-state index contributed by atoms with van der Waals surface area (Å²) in [6.45, 7) is 0. The Labute approximate surface area is 192 Å². The highest BCUT2D eigenvalue weighted by atomic mass is 16.5. The SMILES string of the molecule is COc1cc(Nc2ncnc(-c3ccccc3C=Cc3ccccc3)n2)cc(OC)c1OC. The number of anilines is 2. The van der Waals surface area contributed by atoms with Crippen molar-refractivity contribution in [2.24, 2.45) is 0 Å². The third-order valence-electron chi connectivity index (χ3n) is 4.95. The molecule has 0 unspecified atom stereocenters. The molecule has 1 aromatic heterocycles. The zero-order valence-electron chi connectivity index (χ0n) is 18.6. The van der Waals surface area contributed by atoms with Crippen molar-refractivity contribution in [3.05, 3.63) is 84.2 Å². The van der Waals surface area contributed by atoms with E-state index >= 15 is 0 Å². The Balaban J connectivity index is 1.64. The number of aromatic nitrogens is 3. The van der Waals surface area contributed by atoms with Gasteiger partial charge in [0.15, 0.2) is 17.3 Å². The van der Waals surface area contributed by atoms with Crippen LogP contribution in [0.15, 0.2) is 73.1 Å². The second-order valence-electron chi connectivity index (χ2n) is 7.00. The average molecular weight is 441 g/mol. The molecular weight excluding hydrogens is 416 g/mol. The molecule has 1 heterocycles. The molecule has 0 fully saturated rings. The number of nitrogens with one attached hydrogen (secondary N) is 1. The van der Waals surface area contributed by atoms with E-state index in [1.807, 2.05) is 42.5 Å².